The predicted octanol–water partition coefficient (Wildman–Crippen LogP) is 2.35. The molecule has 0 amide bonds. The van der Waals surface area contributed by atoms with E-state index in [0.717, 1.165) is 11.8 Å². The molecule has 0 aliphatic carbocycles. The third kappa shape index (κ3) is 4.52. The average Bonchev–Trinajstić information content (AvgIpc) is 2.26. The lowest BCUT2D eigenvalue weighted by atomic mass is 9.90. The third-order valence-corrected chi connectivity index (χ3v) is 3.82. The SMILES string of the molecule is CNC(C)C1CCN(CCC(C)C)CC1. The fourth-order valence-electron chi connectivity index (χ4n) is 2.35. The molecule has 0 radical (unpaired) electrons. The summed E-state index contributed by atoms with van der Waals surface area (Å²) in [5, 5.41) is 3.38. The van der Waals surface area contributed by atoms with Crippen LogP contribution in [-0.2, 0) is 0 Å². The summed E-state index contributed by atoms with van der Waals surface area (Å²) in [6.45, 7) is 10.9. The van der Waals surface area contributed by atoms with Crippen molar-refractivity contribution in [3.05, 3.63) is 0 Å². The molecule has 1 rings (SSSR count). The molecule has 1 fully saturated rings. The molecule has 2 nitrogen and oxygen atoms in total. The standard InChI is InChI=1S/C13H28N2/c1-11(2)5-8-15-9-6-13(7-10-15)12(3)14-4/h11-14H,5-10H2,1-4H3. The number of nitrogens with one attached hydrogen (secondary N) is 1. The monoisotopic (exact) mass is 212 g/mol. The first kappa shape index (κ1) is 13.0. The Hall–Kier alpha value is -0.0800. The van der Waals surface area contributed by atoms with Crippen molar-refractivity contribution >= 4 is 0 Å². The minimum atomic E-state index is 0.692. The van der Waals surface area contributed by atoms with Gasteiger partial charge in [-0.1, -0.05) is 13.8 Å². The number of likely N-dealkylation sites (tertiary alicyclic amines) is 1. The second kappa shape index (κ2) is 6.49. The van der Waals surface area contributed by atoms with Crippen molar-refractivity contribution < 1.29 is 0 Å². The lowest BCUT2D eigenvalue weighted by molar-refractivity contribution is 0.159. The van der Waals surface area contributed by atoms with E-state index in [-0.39, 0.29) is 0 Å². The van der Waals surface area contributed by atoms with Crippen LogP contribution in [0.15, 0.2) is 0 Å². The Balaban J connectivity index is 2.18. The molecular weight excluding hydrogens is 184 g/mol. The molecular formula is C13H28N2. The summed E-state index contributed by atoms with van der Waals surface area (Å²) >= 11 is 0. The number of rotatable bonds is 5. The van der Waals surface area contributed by atoms with Gasteiger partial charge in [-0.3, -0.25) is 0 Å². The minimum Gasteiger partial charge on any atom is -0.317 e. The second-order valence-electron chi connectivity index (χ2n) is 5.44. The van der Waals surface area contributed by atoms with Crippen molar-refractivity contribution in [2.45, 2.75) is 46.1 Å². The van der Waals surface area contributed by atoms with Crippen LogP contribution in [-0.4, -0.2) is 37.6 Å². The zero-order chi connectivity index (χ0) is 11.3. The van der Waals surface area contributed by atoms with Crippen LogP contribution >= 0.6 is 0 Å². The van der Waals surface area contributed by atoms with E-state index in [1.165, 1.54) is 38.9 Å². The quantitative estimate of drug-likeness (QED) is 0.752. The maximum atomic E-state index is 3.38. The Kier molecular flexibility index (Phi) is 5.62. The number of hydrogen-bond acceptors (Lipinski definition) is 2. The van der Waals surface area contributed by atoms with E-state index in [1.54, 1.807) is 0 Å². The molecule has 1 aliphatic rings. The van der Waals surface area contributed by atoms with Crippen molar-refractivity contribution in [2.24, 2.45) is 11.8 Å². The Bertz CT molecular complexity index is 160. The highest BCUT2D eigenvalue weighted by atomic mass is 15.1. The summed E-state index contributed by atoms with van der Waals surface area (Å²) in [7, 11) is 2.08. The van der Waals surface area contributed by atoms with E-state index < -0.39 is 0 Å². The first-order valence-electron chi connectivity index (χ1n) is 6.53. The van der Waals surface area contributed by atoms with Gasteiger partial charge in [-0.25, -0.2) is 0 Å². The molecule has 1 unspecified atom stereocenters. The summed E-state index contributed by atoms with van der Waals surface area (Å²) in [4.78, 5) is 2.64. The Morgan fingerprint density at radius 2 is 1.80 bits per heavy atom. The van der Waals surface area contributed by atoms with E-state index in [4.69, 9.17) is 0 Å². The van der Waals surface area contributed by atoms with Crippen LogP contribution in [0.3, 0.4) is 0 Å². The molecule has 0 spiro atoms. The van der Waals surface area contributed by atoms with Gasteiger partial charge in [0.2, 0.25) is 0 Å². The molecule has 1 saturated heterocycles. The molecule has 1 N–H and O–H groups in total. The molecule has 2 heteroatoms. The number of hydrogen-bond donors (Lipinski definition) is 1. The highest BCUT2D eigenvalue weighted by molar-refractivity contribution is 4.78. The second-order valence-corrected chi connectivity index (χ2v) is 5.44. The molecule has 0 aromatic carbocycles. The first-order valence-corrected chi connectivity index (χ1v) is 6.53. The first-order chi connectivity index (χ1) is 7.13. The summed E-state index contributed by atoms with van der Waals surface area (Å²) in [5.41, 5.74) is 0. The molecule has 0 bridgehead atoms. The van der Waals surface area contributed by atoms with Crippen molar-refractivity contribution in [2.75, 3.05) is 26.7 Å². The van der Waals surface area contributed by atoms with Gasteiger partial charge in [-0.15, -0.1) is 0 Å². The maximum Gasteiger partial charge on any atom is 0.00649 e. The molecule has 1 aliphatic heterocycles. The van der Waals surface area contributed by atoms with Crippen molar-refractivity contribution in [1.29, 1.82) is 0 Å². The average molecular weight is 212 g/mol. The molecule has 90 valence electrons. The van der Waals surface area contributed by atoms with E-state index in [9.17, 15) is 0 Å². The predicted molar refractivity (Wildman–Crippen MR) is 67.1 cm³/mol. The van der Waals surface area contributed by atoms with Gasteiger partial charge < -0.3 is 10.2 Å². The van der Waals surface area contributed by atoms with Gasteiger partial charge in [-0.05, 0) is 64.7 Å². The van der Waals surface area contributed by atoms with Crippen molar-refractivity contribution in [3.8, 4) is 0 Å². The molecule has 1 atom stereocenters. The topological polar surface area (TPSA) is 15.3 Å². The molecule has 0 aromatic rings. The highest BCUT2D eigenvalue weighted by Crippen LogP contribution is 2.20. The summed E-state index contributed by atoms with van der Waals surface area (Å²) in [6, 6.07) is 0.692. The Morgan fingerprint density at radius 3 is 2.27 bits per heavy atom. The lowest BCUT2D eigenvalue weighted by Gasteiger charge is -2.35. The smallest absolute Gasteiger partial charge is 0.00649 e. The van der Waals surface area contributed by atoms with Crippen LogP contribution in [0.2, 0.25) is 0 Å². The fraction of sp³-hybridized carbons (Fsp3) is 1.00. The molecule has 0 saturated carbocycles. The van der Waals surface area contributed by atoms with Gasteiger partial charge in [0.1, 0.15) is 0 Å². The maximum absolute atomic E-state index is 3.38. The molecule has 0 aromatic heterocycles. The largest absolute Gasteiger partial charge is 0.317 e. The lowest BCUT2D eigenvalue weighted by Crippen LogP contribution is -2.41. The van der Waals surface area contributed by atoms with Gasteiger partial charge in [0.05, 0.1) is 0 Å². The zero-order valence-corrected chi connectivity index (χ0v) is 10.9. The van der Waals surface area contributed by atoms with E-state index >= 15 is 0 Å². The fourth-order valence-corrected chi connectivity index (χ4v) is 2.35. The third-order valence-electron chi connectivity index (χ3n) is 3.82. The van der Waals surface area contributed by atoms with Crippen LogP contribution in [0.1, 0.15) is 40.0 Å². The van der Waals surface area contributed by atoms with Gasteiger partial charge >= 0.3 is 0 Å². The number of piperidine rings is 1. The van der Waals surface area contributed by atoms with Crippen LogP contribution < -0.4 is 5.32 Å². The Morgan fingerprint density at radius 1 is 1.20 bits per heavy atom. The van der Waals surface area contributed by atoms with Crippen molar-refractivity contribution in [3.63, 3.8) is 0 Å². The highest BCUT2D eigenvalue weighted by Gasteiger charge is 2.22. The van der Waals surface area contributed by atoms with Crippen LogP contribution in [0.25, 0.3) is 0 Å². The van der Waals surface area contributed by atoms with Crippen molar-refractivity contribution in [1.82, 2.24) is 10.2 Å². The van der Waals surface area contributed by atoms with Gasteiger partial charge in [0.25, 0.3) is 0 Å². The van der Waals surface area contributed by atoms with E-state index in [1.807, 2.05) is 0 Å². The summed E-state index contributed by atoms with van der Waals surface area (Å²) < 4.78 is 0. The summed E-state index contributed by atoms with van der Waals surface area (Å²) in [6.07, 6.45) is 4.10. The Labute approximate surface area is 95.4 Å². The normalized spacial score (nSPS) is 22.2. The van der Waals surface area contributed by atoms with Gasteiger partial charge in [-0.2, -0.15) is 0 Å². The van der Waals surface area contributed by atoms with Crippen LogP contribution in [0.5, 0.6) is 0 Å². The van der Waals surface area contributed by atoms with E-state index in [0.29, 0.717) is 6.04 Å². The summed E-state index contributed by atoms with van der Waals surface area (Å²) in [5.74, 6) is 1.74. The molecule has 1 heterocycles. The minimum absolute atomic E-state index is 0.692. The molecule has 15 heavy (non-hydrogen) atoms. The zero-order valence-electron chi connectivity index (χ0n) is 10.9. The van der Waals surface area contributed by atoms with Gasteiger partial charge in [0.15, 0.2) is 0 Å². The number of nitrogens with zero attached hydrogens (tertiary/aromatic N) is 1. The van der Waals surface area contributed by atoms with E-state index in [2.05, 4.69) is 38.0 Å². The van der Waals surface area contributed by atoms with Crippen LogP contribution in [0.4, 0.5) is 0 Å². The van der Waals surface area contributed by atoms with Crippen LogP contribution in [0, 0.1) is 11.8 Å². The van der Waals surface area contributed by atoms with Gasteiger partial charge in [0, 0.05) is 6.04 Å².